The maximum absolute atomic E-state index is 12.1. The molecule has 0 saturated carbocycles. The van der Waals surface area contributed by atoms with Gasteiger partial charge in [0.1, 0.15) is 0 Å². The van der Waals surface area contributed by atoms with Gasteiger partial charge in [0.25, 0.3) is 0 Å². The number of rotatable bonds is 6. The highest BCUT2D eigenvalue weighted by atomic mass is 16.5. The van der Waals surface area contributed by atoms with Crippen molar-refractivity contribution in [1.29, 1.82) is 0 Å². The molecule has 1 saturated heterocycles. The van der Waals surface area contributed by atoms with Crippen LogP contribution < -0.4 is 9.47 Å². The first-order valence-corrected chi connectivity index (χ1v) is 7.41. The lowest BCUT2D eigenvalue weighted by atomic mass is 10.2. The second-order valence-electron chi connectivity index (χ2n) is 5.29. The topological polar surface area (TPSA) is 85.3 Å². The lowest BCUT2D eigenvalue weighted by Gasteiger charge is -2.30. The number of methoxy groups -OCH3 is 1. The van der Waals surface area contributed by atoms with Gasteiger partial charge in [0.2, 0.25) is 5.91 Å². The number of benzene rings is 1. The molecule has 0 bridgehead atoms. The highest BCUT2D eigenvalue weighted by molar-refractivity contribution is 5.78. The summed E-state index contributed by atoms with van der Waals surface area (Å²) in [6.07, 6.45) is -0.783. The van der Waals surface area contributed by atoms with Crippen molar-refractivity contribution < 1.29 is 28.9 Å². The molecule has 1 aliphatic heterocycles. The van der Waals surface area contributed by atoms with Gasteiger partial charge in [-0.15, -0.1) is 0 Å². The molecule has 1 fully saturated rings. The normalized spacial score (nSPS) is 17.7. The number of carboxylic acid groups (broad SMARTS) is 1. The van der Waals surface area contributed by atoms with E-state index in [0.717, 1.165) is 5.56 Å². The molecule has 2 rings (SSSR count). The smallest absolute Gasteiger partial charge is 0.334 e. The molecule has 0 aromatic heterocycles. The lowest BCUT2D eigenvalue weighted by Crippen LogP contribution is -2.48. The molecule has 1 heterocycles. The van der Waals surface area contributed by atoms with Crippen molar-refractivity contribution in [3.05, 3.63) is 23.8 Å². The Balaban J connectivity index is 1.84. The van der Waals surface area contributed by atoms with E-state index < -0.39 is 12.1 Å². The quantitative estimate of drug-likeness (QED) is 0.843. The summed E-state index contributed by atoms with van der Waals surface area (Å²) in [5, 5.41) is 8.94. The van der Waals surface area contributed by atoms with Gasteiger partial charge in [0.05, 0.1) is 33.3 Å². The standard InChI is InChI=1S/C16H21NO6/c1-11-3-4-12(13(9-11)21-2)22-7-5-15(18)17-6-8-23-14(10-17)16(19)20/h3-4,9,14H,5-8,10H2,1-2H3,(H,19,20)/t14-/m1/s1. The molecule has 23 heavy (non-hydrogen) atoms. The number of amides is 1. The minimum atomic E-state index is -1.05. The van der Waals surface area contributed by atoms with Crippen LogP contribution >= 0.6 is 0 Å². The van der Waals surface area contributed by atoms with E-state index in [2.05, 4.69) is 0 Å². The van der Waals surface area contributed by atoms with Crippen LogP contribution in [-0.4, -0.2) is 61.4 Å². The first-order chi connectivity index (χ1) is 11.0. The maximum Gasteiger partial charge on any atom is 0.334 e. The van der Waals surface area contributed by atoms with Crippen molar-refractivity contribution >= 4 is 11.9 Å². The summed E-state index contributed by atoms with van der Waals surface area (Å²) in [6.45, 7) is 2.86. The van der Waals surface area contributed by atoms with Crippen molar-refractivity contribution in [3.63, 3.8) is 0 Å². The lowest BCUT2D eigenvalue weighted by molar-refractivity contribution is -0.159. The summed E-state index contributed by atoms with van der Waals surface area (Å²) in [6, 6.07) is 5.56. The van der Waals surface area contributed by atoms with Crippen LogP contribution in [0.1, 0.15) is 12.0 Å². The van der Waals surface area contributed by atoms with Crippen LogP contribution in [0.25, 0.3) is 0 Å². The van der Waals surface area contributed by atoms with E-state index in [0.29, 0.717) is 18.0 Å². The SMILES string of the molecule is COc1cc(C)ccc1OCCC(=O)N1CCO[C@@H](C(=O)O)C1. The van der Waals surface area contributed by atoms with Crippen LogP contribution in [0.3, 0.4) is 0 Å². The fourth-order valence-electron chi connectivity index (χ4n) is 2.33. The highest BCUT2D eigenvalue weighted by Gasteiger charge is 2.28. The van der Waals surface area contributed by atoms with E-state index in [-0.39, 0.29) is 32.1 Å². The van der Waals surface area contributed by atoms with Crippen molar-refractivity contribution in [2.24, 2.45) is 0 Å². The van der Waals surface area contributed by atoms with Gasteiger partial charge in [-0.3, -0.25) is 4.79 Å². The third-order valence-electron chi connectivity index (χ3n) is 3.59. The Hall–Kier alpha value is -2.28. The number of nitrogens with zero attached hydrogens (tertiary/aromatic N) is 1. The zero-order valence-corrected chi connectivity index (χ0v) is 13.3. The van der Waals surface area contributed by atoms with Crippen LogP contribution in [0, 0.1) is 6.92 Å². The second-order valence-corrected chi connectivity index (χ2v) is 5.29. The summed E-state index contributed by atoms with van der Waals surface area (Å²) in [5.41, 5.74) is 1.05. The molecule has 1 atom stereocenters. The predicted molar refractivity (Wildman–Crippen MR) is 81.8 cm³/mol. The number of carbonyl (C=O) groups excluding carboxylic acids is 1. The number of aryl methyl sites for hydroxylation is 1. The zero-order valence-electron chi connectivity index (χ0n) is 13.3. The highest BCUT2D eigenvalue weighted by Crippen LogP contribution is 2.27. The van der Waals surface area contributed by atoms with Crippen molar-refractivity contribution in [2.45, 2.75) is 19.4 Å². The van der Waals surface area contributed by atoms with Crippen LogP contribution in [0.5, 0.6) is 11.5 Å². The number of ether oxygens (including phenoxy) is 3. The Labute approximate surface area is 134 Å². The van der Waals surface area contributed by atoms with Crippen LogP contribution in [-0.2, 0) is 14.3 Å². The molecule has 7 nitrogen and oxygen atoms in total. The van der Waals surface area contributed by atoms with E-state index in [9.17, 15) is 9.59 Å². The predicted octanol–water partition coefficient (Wildman–Crippen LogP) is 1.08. The van der Waals surface area contributed by atoms with Crippen LogP contribution in [0.4, 0.5) is 0 Å². The van der Waals surface area contributed by atoms with E-state index in [1.54, 1.807) is 13.2 Å². The molecule has 0 aliphatic carbocycles. The fraction of sp³-hybridized carbons (Fsp3) is 0.500. The molecule has 0 unspecified atom stereocenters. The first kappa shape index (κ1) is 17.1. The van der Waals surface area contributed by atoms with Gasteiger partial charge >= 0.3 is 5.97 Å². The van der Waals surface area contributed by atoms with E-state index >= 15 is 0 Å². The van der Waals surface area contributed by atoms with Gasteiger partial charge in [-0.1, -0.05) is 6.07 Å². The number of hydrogen-bond donors (Lipinski definition) is 1. The fourth-order valence-corrected chi connectivity index (χ4v) is 2.33. The molecule has 1 aromatic carbocycles. The van der Waals surface area contributed by atoms with E-state index in [1.807, 2.05) is 19.1 Å². The first-order valence-electron chi connectivity index (χ1n) is 7.41. The monoisotopic (exact) mass is 323 g/mol. The molecule has 7 heteroatoms. The average molecular weight is 323 g/mol. The molecule has 1 aromatic rings. The number of carboxylic acids is 1. The van der Waals surface area contributed by atoms with Crippen LogP contribution in [0.15, 0.2) is 18.2 Å². The molecular weight excluding hydrogens is 302 g/mol. The largest absolute Gasteiger partial charge is 0.493 e. The summed E-state index contributed by atoms with van der Waals surface area (Å²) in [4.78, 5) is 24.5. The summed E-state index contributed by atoms with van der Waals surface area (Å²) < 4.78 is 15.9. The number of carbonyl (C=O) groups is 2. The zero-order chi connectivity index (χ0) is 16.8. The Kier molecular flexibility index (Phi) is 5.81. The van der Waals surface area contributed by atoms with Gasteiger partial charge < -0.3 is 24.2 Å². The average Bonchev–Trinajstić information content (AvgIpc) is 2.56. The summed E-state index contributed by atoms with van der Waals surface area (Å²) in [7, 11) is 1.56. The van der Waals surface area contributed by atoms with Crippen LogP contribution in [0.2, 0.25) is 0 Å². The van der Waals surface area contributed by atoms with Crippen molar-refractivity contribution in [2.75, 3.05) is 33.4 Å². The third-order valence-corrected chi connectivity index (χ3v) is 3.59. The Morgan fingerprint density at radius 2 is 2.17 bits per heavy atom. The van der Waals surface area contributed by atoms with Gasteiger partial charge in [-0.25, -0.2) is 4.79 Å². The molecule has 0 radical (unpaired) electrons. The molecule has 1 N–H and O–H groups in total. The number of morpholine rings is 1. The Morgan fingerprint density at radius 1 is 1.39 bits per heavy atom. The number of hydrogen-bond acceptors (Lipinski definition) is 5. The molecule has 1 amide bonds. The number of aliphatic carboxylic acids is 1. The minimum absolute atomic E-state index is 0.0714. The third kappa shape index (κ3) is 4.59. The van der Waals surface area contributed by atoms with Crippen molar-refractivity contribution in [1.82, 2.24) is 4.90 Å². The maximum atomic E-state index is 12.1. The van der Waals surface area contributed by atoms with Gasteiger partial charge in [0, 0.05) is 6.54 Å². The summed E-state index contributed by atoms with van der Waals surface area (Å²) >= 11 is 0. The molecular formula is C16H21NO6. The summed E-state index contributed by atoms with van der Waals surface area (Å²) in [5.74, 6) is -0.000164. The second kappa shape index (κ2) is 7.82. The van der Waals surface area contributed by atoms with E-state index in [4.69, 9.17) is 19.3 Å². The van der Waals surface area contributed by atoms with Crippen molar-refractivity contribution in [3.8, 4) is 11.5 Å². The Bertz CT molecular complexity index is 574. The van der Waals surface area contributed by atoms with Gasteiger partial charge in [-0.05, 0) is 24.6 Å². The Morgan fingerprint density at radius 3 is 2.87 bits per heavy atom. The van der Waals surface area contributed by atoms with Gasteiger partial charge in [-0.2, -0.15) is 0 Å². The minimum Gasteiger partial charge on any atom is -0.493 e. The molecule has 0 spiro atoms. The molecule has 1 aliphatic rings. The van der Waals surface area contributed by atoms with E-state index in [1.165, 1.54) is 4.90 Å². The van der Waals surface area contributed by atoms with Gasteiger partial charge in [0.15, 0.2) is 17.6 Å². The molecule has 126 valence electrons.